The van der Waals surface area contributed by atoms with Gasteiger partial charge in [-0.1, -0.05) is 62.4 Å². The SMILES string of the molecule is CC.NC1=C(NC(=O)CC2C=CC=Cc3c2[nH]n(CCN2CCCC2)c3=O)C=C(c2ccccc2)C=C(O)C1. The fraction of sp³-hybridized carbons (Fsp3) is 0.355. The summed E-state index contributed by atoms with van der Waals surface area (Å²) in [5.74, 6) is -0.384. The molecule has 0 saturated carbocycles. The van der Waals surface area contributed by atoms with E-state index in [9.17, 15) is 14.7 Å². The van der Waals surface area contributed by atoms with E-state index in [2.05, 4.69) is 15.3 Å². The number of benzene rings is 1. The van der Waals surface area contributed by atoms with E-state index in [4.69, 9.17) is 5.73 Å². The molecular formula is C31H39N5O3. The van der Waals surface area contributed by atoms with Crippen molar-refractivity contribution < 1.29 is 9.90 Å². The third-order valence-electron chi connectivity index (χ3n) is 7.07. The van der Waals surface area contributed by atoms with Crippen LogP contribution in [-0.2, 0) is 11.3 Å². The molecule has 5 rings (SSSR count). The molecule has 1 unspecified atom stereocenters. The Morgan fingerprint density at radius 1 is 1.10 bits per heavy atom. The van der Waals surface area contributed by atoms with E-state index in [0.717, 1.165) is 36.5 Å². The molecule has 1 aliphatic heterocycles. The number of nitrogens with two attached hydrogens (primary N) is 1. The molecule has 8 nitrogen and oxygen atoms in total. The number of carbonyl (C=O) groups is 1. The van der Waals surface area contributed by atoms with Crippen LogP contribution >= 0.6 is 0 Å². The number of nitrogens with zero attached hydrogens (tertiary/aromatic N) is 2. The number of H-pyrrole nitrogens is 1. The van der Waals surface area contributed by atoms with Gasteiger partial charge in [0.2, 0.25) is 5.91 Å². The molecule has 1 aromatic carbocycles. The van der Waals surface area contributed by atoms with Crippen LogP contribution in [0.15, 0.2) is 82.7 Å². The van der Waals surface area contributed by atoms with Gasteiger partial charge < -0.3 is 21.1 Å². The number of carbonyl (C=O) groups excluding carboxylic acids is 1. The van der Waals surface area contributed by atoms with E-state index in [1.54, 1.807) is 16.8 Å². The van der Waals surface area contributed by atoms with Gasteiger partial charge in [0.25, 0.3) is 5.56 Å². The summed E-state index contributed by atoms with van der Waals surface area (Å²) >= 11 is 0. The van der Waals surface area contributed by atoms with Crippen LogP contribution < -0.4 is 16.6 Å². The van der Waals surface area contributed by atoms with E-state index < -0.39 is 0 Å². The van der Waals surface area contributed by atoms with Crippen LogP contribution in [0.2, 0.25) is 0 Å². The number of allylic oxidation sites excluding steroid dienone is 6. The molecule has 1 fully saturated rings. The number of rotatable bonds is 7. The zero-order chi connectivity index (χ0) is 27.8. The Balaban J connectivity index is 0.00000172. The normalized spacial score (nSPS) is 18.9. The molecule has 2 heterocycles. The lowest BCUT2D eigenvalue weighted by atomic mass is 9.98. The molecule has 0 spiro atoms. The van der Waals surface area contributed by atoms with Crippen molar-refractivity contribution in [1.29, 1.82) is 0 Å². The summed E-state index contributed by atoms with van der Waals surface area (Å²) in [6.45, 7) is 7.57. The van der Waals surface area contributed by atoms with Crippen molar-refractivity contribution in [2.45, 2.75) is 52.0 Å². The van der Waals surface area contributed by atoms with Crippen LogP contribution in [-0.4, -0.2) is 45.3 Å². The lowest BCUT2D eigenvalue weighted by Gasteiger charge is -2.15. The first-order valence-corrected chi connectivity index (χ1v) is 13.8. The van der Waals surface area contributed by atoms with Gasteiger partial charge >= 0.3 is 0 Å². The molecular weight excluding hydrogens is 490 g/mol. The molecule has 1 atom stereocenters. The number of nitrogens with one attached hydrogen (secondary N) is 2. The van der Waals surface area contributed by atoms with E-state index in [-0.39, 0.29) is 36.0 Å². The number of fused-ring (bicyclic) bond motifs is 1. The van der Waals surface area contributed by atoms with Gasteiger partial charge in [0.15, 0.2) is 0 Å². The summed E-state index contributed by atoms with van der Waals surface area (Å²) in [7, 11) is 0. The number of aliphatic hydroxyl groups excluding tert-OH is 1. The highest BCUT2D eigenvalue weighted by Gasteiger charge is 2.24. The van der Waals surface area contributed by atoms with Crippen molar-refractivity contribution in [3.63, 3.8) is 0 Å². The van der Waals surface area contributed by atoms with Crippen molar-refractivity contribution in [2.24, 2.45) is 5.73 Å². The topological polar surface area (TPSA) is 116 Å². The number of hydrogen-bond donors (Lipinski definition) is 4. The predicted octanol–water partition coefficient (Wildman–Crippen LogP) is 4.57. The van der Waals surface area contributed by atoms with Crippen molar-refractivity contribution in [3.05, 3.63) is 105 Å². The smallest absolute Gasteiger partial charge is 0.274 e. The Morgan fingerprint density at radius 3 is 2.59 bits per heavy atom. The molecule has 1 saturated heterocycles. The standard InChI is InChI=1S/C29H33N5O3.C2H6/c30-25-19-23(35)16-22(20-8-2-1-3-9-20)17-26(25)31-27(36)18-21-10-4-5-11-24-28(21)32-34(29(24)37)15-14-33-12-6-7-13-33;1-2/h1-5,8-11,16-17,21,32,35H,6-7,12-15,18-19,30H2,(H,31,36);1-2H3. The minimum Gasteiger partial charge on any atom is -0.512 e. The Kier molecular flexibility index (Phi) is 9.44. The maximum atomic E-state index is 13.2. The highest BCUT2D eigenvalue weighted by atomic mass is 16.3. The minimum atomic E-state index is -0.289. The molecule has 2 aliphatic carbocycles. The second-order valence-corrected chi connectivity index (χ2v) is 9.76. The zero-order valence-corrected chi connectivity index (χ0v) is 22.8. The molecule has 3 aliphatic rings. The van der Waals surface area contributed by atoms with Crippen LogP contribution in [0.3, 0.4) is 0 Å². The second kappa shape index (κ2) is 13.2. The van der Waals surface area contributed by atoms with Gasteiger partial charge in [-0.15, -0.1) is 0 Å². The van der Waals surface area contributed by atoms with Crippen molar-refractivity contribution in [3.8, 4) is 0 Å². The lowest BCUT2D eigenvalue weighted by Crippen LogP contribution is -2.28. The quantitative estimate of drug-likeness (QED) is 0.419. The second-order valence-electron chi connectivity index (χ2n) is 9.76. The molecule has 1 amide bonds. The van der Waals surface area contributed by atoms with E-state index >= 15 is 0 Å². The highest BCUT2D eigenvalue weighted by molar-refractivity contribution is 5.83. The first kappa shape index (κ1) is 28.0. The fourth-order valence-electron chi connectivity index (χ4n) is 5.11. The number of aromatic nitrogens is 2. The number of aromatic amines is 1. The monoisotopic (exact) mass is 529 g/mol. The van der Waals surface area contributed by atoms with Crippen LogP contribution in [0.5, 0.6) is 0 Å². The maximum Gasteiger partial charge on any atom is 0.274 e. The maximum absolute atomic E-state index is 13.2. The van der Waals surface area contributed by atoms with E-state index in [0.29, 0.717) is 23.5 Å². The molecule has 0 bridgehead atoms. The third-order valence-corrected chi connectivity index (χ3v) is 7.07. The molecule has 39 heavy (non-hydrogen) atoms. The van der Waals surface area contributed by atoms with Gasteiger partial charge in [-0.3, -0.25) is 19.4 Å². The summed E-state index contributed by atoms with van der Waals surface area (Å²) in [5, 5.41) is 16.6. The van der Waals surface area contributed by atoms with Gasteiger partial charge in [-0.2, -0.15) is 0 Å². The van der Waals surface area contributed by atoms with Crippen molar-refractivity contribution in [1.82, 2.24) is 20.0 Å². The van der Waals surface area contributed by atoms with Crippen LogP contribution in [0.4, 0.5) is 0 Å². The first-order valence-electron chi connectivity index (χ1n) is 13.8. The fourth-order valence-corrected chi connectivity index (χ4v) is 5.11. The number of hydrogen-bond acceptors (Lipinski definition) is 5. The molecule has 8 heteroatoms. The summed E-state index contributed by atoms with van der Waals surface area (Å²) in [5.41, 5.74) is 10.0. The Labute approximate surface area is 229 Å². The Bertz CT molecular complexity index is 1370. The molecule has 0 radical (unpaired) electrons. The van der Waals surface area contributed by atoms with Crippen molar-refractivity contribution >= 4 is 17.6 Å². The van der Waals surface area contributed by atoms with Gasteiger partial charge in [0.05, 0.1) is 29.3 Å². The summed E-state index contributed by atoms with van der Waals surface area (Å²) < 4.78 is 1.66. The summed E-state index contributed by atoms with van der Waals surface area (Å²) in [6, 6.07) is 9.63. The van der Waals surface area contributed by atoms with Gasteiger partial charge in [-0.05, 0) is 55.3 Å². The van der Waals surface area contributed by atoms with E-state index in [1.807, 2.05) is 68.5 Å². The molecule has 2 aromatic rings. The third kappa shape index (κ3) is 6.89. The molecule has 5 N–H and O–H groups in total. The number of likely N-dealkylation sites (tertiary alicyclic amines) is 1. The van der Waals surface area contributed by atoms with Crippen LogP contribution in [0, 0.1) is 0 Å². The molecule has 1 aromatic heterocycles. The average Bonchev–Trinajstić information content (AvgIpc) is 3.48. The van der Waals surface area contributed by atoms with Gasteiger partial charge in [-0.25, -0.2) is 0 Å². The van der Waals surface area contributed by atoms with Crippen LogP contribution in [0.1, 0.15) is 62.3 Å². The number of amides is 1. The Morgan fingerprint density at radius 2 is 1.85 bits per heavy atom. The first-order chi connectivity index (χ1) is 19.0. The Hall–Kier alpha value is -4.04. The van der Waals surface area contributed by atoms with Gasteiger partial charge in [0, 0.05) is 31.0 Å². The molecule has 206 valence electrons. The largest absolute Gasteiger partial charge is 0.512 e. The minimum absolute atomic E-state index is 0.0627. The predicted molar refractivity (Wildman–Crippen MR) is 157 cm³/mol. The van der Waals surface area contributed by atoms with Crippen LogP contribution in [0.25, 0.3) is 11.6 Å². The summed E-state index contributed by atoms with van der Waals surface area (Å²) in [4.78, 5) is 28.6. The van der Waals surface area contributed by atoms with Gasteiger partial charge in [0.1, 0.15) is 0 Å². The summed E-state index contributed by atoms with van der Waals surface area (Å²) in [6.07, 6.45) is 13.6. The lowest BCUT2D eigenvalue weighted by molar-refractivity contribution is -0.120. The highest BCUT2D eigenvalue weighted by Crippen LogP contribution is 2.27. The number of aliphatic hydroxyl groups is 1. The average molecular weight is 530 g/mol. The zero-order valence-electron chi connectivity index (χ0n) is 22.8. The van der Waals surface area contributed by atoms with E-state index in [1.165, 1.54) is 12.8 Å². The van der Waals surface area contributed by atoms with Crippen molar-refractivity contribution in [2.75, 3.05) is 19.6 Å².